The third-order valence-electron chi connectivity index (χ3n) is 7.24. The van der Waals surface area contributed by atoms with E-state index >= 15 is 0 Å². The highest BCUT2D eigenvalue weighted by Crippen LogP contribution is 2.71. The van der Waals surface area contributed by atoms with E-state index < -0.39 is 5.79 Å². The van der Waals surface area contributed by atoms with E-state index in [2.05, 4.69) is 20.8 Å². The van der Waals surface area contributed by atoms with Gasteiger partial charge in [0.05, 0.1) is 18.1 Å². The Labute approximate surface area is 151 Å². The van der Waals surface area contributed by atoms with E-state index in [9.17, 15) is 4.79 Å². The lowest BCUT2D eigenvalue weighted by molar-refractivity contribution is -0.357. The van der Waals surface area contributed by atoms with Gasteiger partial charge in [-0.1, -0.05) is 51.1 Å². The molecule has 2 aliphatic carbocycles. The van der Waals surface area contributed by atoms with Crippen LogP contribution >= 0.6 is 0 Å². The van der Waals surface area contributed by atoms with Crippen LogP contribution in [0.2, 0.25) is 0 Å². The van der Waals surface area contributed by atoms with Crippen LogP contribution in [0.25, 0.3) is 0 Å². The van der Waals surface area contributed by atoms with Gasteiger partial charge in [-0.3, -0.25) is 0 Å². The van der Waals surface area contributed by atoms with Crippen LogP contribution < -0.4 is 0 Å². The summed E-state index contributed by atoms with van der Waals surface area (Å²) in [7, 11) is 0. The first-order valence-corrected chi connectivity index (χ1v) is 9.56. The molecular formula is C22H30O3. The minimum absolute atomic E-state index is 0.133. The Kier molecular flexibility index (Phi) is 3.73. The summed E-state index contributed by atoms with van der Waals surface area (Å²) in [5, 5.41) is 0. The molecule has 1 aliphatic heterocycles. The van der Waals surface area contributed by atoms with Crippen molar-refractivity contribution in [3.63, 3.8) is 0 Å². The van der Waals surface area contributed by atoms with Gasteiger partial charge in [0.25, 0.3) is 0 Å². The largest absolute Gasteiger partial charge is 0.346 e. The summed E-state index contributed by atoms with van der Waals surface area (Å²) < 4.78 is 12.9. The van der Waals surface area contributed by atoms with Crippen molar-refractivity contribution in [2.24, 2.45) is 22.7 Å². The first-order chi connectivity index (χ1) is 11.7. The Balaban J connectivity index is 1.74. The van der Waals surface area contributed by atoms with E-state index in [0.717, 1.165) is 24.2 Å². The second-order valence-electron chi connectivity index (χ2n) is 9.55. The van der Waals surface area contributed by atoms with Crippen molar-refractivity contribution in [3.8, 4) is 0 Å². The fraction of sp³-hybridized carbons (Fsp3) is 0.682. The molecule has 0 bridgehead atoms. The quantitative estimate of drug-likeness (QED) is 0.755. The molecule has 2 saturated carbocycles. The van der Waals surface area contributed by atoms with Crippen LogP contribution in [0.15, 0.2) is 30.3 Å². The molecule has 3 aliphatic rings. The van der Waals surface area contributed by atoms with Crippen molar-refractivity contribution in [1.29, 1.82) is 0 Å². The van der Waals surface area contributed by atoms with Crippen molar-refractivity contribution >= 4 is 6.29 Å². The number of carbonyl (C=O) groups is 1. The fourth-order valence-electron chi connectivity index (χ4n) is 5.73. The van der Waals surface area contributed by atoms with Crippen LogP contribution in [0.1, 0.15) is 58.9 Å². The summed E-state index contributed by atoms with van der Waals surface area (Å²) in [5.74, 6) is 0.396. The number of hydrogen-bond acceptors (Lipinski definition) is 3. The minimum Gasteiger partial charge on any atom is -0.346 e. The Bertz CT molecular complexity index is 665. The molecule has 136 valence electrons. The molecule has 3 nitrogen and oxygen atoms in total. The second-order valence-corrected chi connectivity index (χ2v) is 9.55. The molecular weight excluding hydrogens is 312 g/mol. The Hall–Kier alpha value is -1.19. The van der Waals surface area contributed by atoms with Crippen LogP contribution in [0.3, 0.4) is 0 Å². The highest BCUT2D eigenvalue weighted by molar-refractivity contribution is 5.63. The molecule has 0 spiro atoms. The van der Waals surface area contributed by atoms with Crippen molar-refractivity contribution in [3.05, 3.63) is 35.9 Å². The number of ether oxygens (including phenoxy) is 2. The molecule has 3 heteroatoms. The number of aldehydes is 1. The highest BCUT2D eigenvalue weighted by Gasteiger charge is 2.71. The van der Waals surface area contributed by atoms with Crippen LogP contribution in [0.4, 0.5) is 0 Å². The Morgan fingerprint density at radius 3 is 2.40 bits per heavy atom. The van der Waals surface area contributed by atoms with Gasteiger partial charge in [-0.15, -0.1) is 0 Å². The van der Waals surface area contributed by atoms with Crippen molar-refractivity contribution in [2.45, 2.75) is 71.4 Å². The van der Waals surface area contributed by atoms with Gasteiger partial charge in [-0.25, -0.2) is 0 Å². The first kappa shape index (κ1) is 17.2. The van der Waals surface area contributed by atoms with E-state index in [1.54, 1.807) is 0 Å². The van der Waals surface area contributed by atoms with E-state index in [0.29, 0.717) is 11.3 Å². The van der Waals surface area contributed by atoms with Crippen LogP contribution in [-0.4, -0.2) is 24.3 Å². The molecule has 1 aromatic rings. The molecule has 0 radical (unpaired) electrons. The Morgan fingerprint density at radius 1 is 1.08 bits per heavy atom. The molecule has 1 aromatic carbocycles. The number of hydrogen-bond donors (Lipinski definition) is 0. The molecule has 6 atom stereocenters. The predicted molar refractivity (Wildman–Crippen MR) is 97.2 cm³/mol. The second kappa shape index (κ2) is 5.40. The van der Waals surface area contributed by atoms with Gasteiger partial charge in [0.15, 0.2) is 5.79 Å². The van der Waals surface area contributed by atoms with Crippen LogP contribution in [0, 0.1) is 22.7 Å². The van der Waals surface area contributed by atoms with E-state index in [-0.39, 0.29) is 23.5 Å². The summed E-state index contributed by atoms with van der Waals surface area (Å²) in [6, 6.07) is 10.1. The van der Waals surface area contributed by atoms with Gasteiger partial charge in [-0.05, 0) is 49.5 Å². The smallest absolute Gasteiger partial charge is 0.163 e. The van der Waals surface area contributed by atoms with Gasteiger partial charge in [-0.2, -0.15) is 0 Å². The minimum atomic E-state index is -0.661. The summed E-state index contributed by atoms with van der Waals surface area (Å²) >= 11 is 0. The summed E-state index contributed by atoms with van der Waals surface area (Å²) in [5.41, 5.74) is 1.24. The van der Waals surface area contributed by atoms with Gasteiger partial charge < -0.3 is 14.3 Å². The summed E-state index contributed by atoms with van der Waals surface area (Å²) in [6.45, 7) is 11.0. The standard InChI is InChI=1S/C22H30O3/c1-20(2)16-11-12-22(5)18(15(13-23)14-9-7-6-8-10-14)24-21(3,4)25-19(22)17(16)20/h6-10,13,15-19H,11-12H2,1-5H3/t15-,16-,17-,18+,19+,22+/m1/s1. The zero-order valence-electron chi connectivity index (χ0n) is 16.0. The maximum absolute atomic E-state index is 12.1. The van der Waals surface area contributed by atoms with Gasteiger partial charge in [0, 0.05) is 5.41 Å². The maximum Gasteiger partial charge on any atom is 0.163 e. The lowest BCUT2D eigenvalue weighted by Gasteiger charge is -2.56. The molecule has 0 N–H and O–H groups in total. The van der Waals surface area contributed by atoms with Crippen molar-refractivity contribution in [1.82, 2.24) is 0 Å². The van der Waals surface area contributed by atoms with E-state index in [4.69, 9.17) is 9.47 Å². The molecule has 1 saturated heterocycles. The first-order valence-electron chi connectivity index (χ1n) is 9.56. The fourth-order valence-corrected chi connectivity index (χ4v) is 5.73. The molecule has 1 heterocycles. The van der Waals surface area contributed by atoms with Gasteiger partial charge in [0.1, 0.15) is 6.29 Å². The number of benzene rings is 1. The summed E-state index contributed by atoms with van der Waals surface area (Å²) in [4.78, 5) is 12.1. The molecule has 3 fully saturated rings. The average Bonchev–Trinajstić information content (AvgIpc) is 3.12. The third-order valence-corrected chi connectivity index (χ3v) is 7.24. The zero-order chi connectivity index (χ0) is 18.0. The molecule has 0 unspecified atom stereocenters. The Morgan fingerprint density at radius 2 is 1.76 bits per heavy atom. The zero-order valence-corrected chi connectivity index (χ0v) is 16.0. The highest BCUT2D eigenvalue weighted by atomic mass is 16.7. The number of fused-ring (bicyclic) bond motifs is 3. The van der Waals surface area contributed by atoms with Crippen molar-refractivity contribution < 1.29 is 14.3 Å². The molecule has 25 heavy (non-hydrogen) atoms. The van der Waals surface area contributed by atoms with Gasteiger partial charge in [0.2, 0.25) is 0 Å². The SMILES string of the molecule is CC1(C)O[C@H]2[C@H]3[C@@H](CC[C@@]2(C)[C@H]([C@H](C=O)c2ccccc2)O1)C3(C)C. The number of carbonyl (C=O) groups excluding carboxylic acids is 1. The normalized spacial score (nSPS) is 42.0. The average molecular weight is 342 g/mol. The maximum atomic E-state index is 12.1. The van der Waals surface area contributed by atoms with Gasteiger partial charge >= 0.3 is 0 Å². The predicted octanol–water partition coefficient (Wildman–Crippen LogP) is 4.56. The topological polar surface area (TPSA) is 35.5 Å². The van der Waals surface area contributed by atoms with Crippen LogP contribution in [-0.2, 0) is 14.3 Å². The lowest BCUT2D eigenvalue weighted by Crippen LogP contribution is -2.61. The monoisotopic (exact) mass is 342 g/mol. The third kappa shape index (κ3) is 2.50. The van der Waals surface area contributed by atoms with E-state index in [1.807, 2.05) is 44.2 Å². The lowest BCUT2D eigenvalue weighted by atomic mass is 9.64. The van der Waals surface area contributed by atoms with Crippen molar-refractivity contribution in [2.75, 3.05) is 0 Å². The molecule has 0 amide bonds. The molecule has 4 rings (SSSR count). The van der Waals surface area contributed by atoms with E-state index in [1.165, 1.54) is 6.42 Å². The number of rotatable bonds is 3. The molecule has 0 aromatic heterocycles. The summed E-state index contributed by atoms with van der Waals surface area (Å²) in [6.07, 6.45) is 3.34. The van der Waals surface area contributed by atoms with Crippen LogP contribution in [0.5, 0.6) is 0 Å².